The van der Waals surface area contributed by atoms with Crippen LogP contribution in [0.3, 0.4) is 0 Å². The number of nitrogens with zero attached hydrogens (tertiary/aromatic N) is 1. The van der Waals surface area contributed by atoms with Crippen LogP contribution >= 0.6 is 0 Å². The molecule has 3 nitrogen and oxygen atoms in total. The molecule has 0 saturated heterocycles. The molecule has 0 unspecified atom stereocenters. The summed E-state index contributed by atoms with van der Waals surface area (Å²) >= 11 is 0. The van der Waals surface area contributed by atoms with Crippen molar-refractivity contribution in [3.63, 3.8) is 0 Å². The van der Waals surface area contributed by atoms with Gasteiger partial charge in [0.25, 0.3) is 0 Å². The first kappa shape index (κ1) is 28.5. The van der Waals surface area contributed by atoms with Gasteiger partial charge in [-0.2, -0.15) is 16.5 Å². The number of fused-ring (bicyclic) bond motifs is 11. The van der Waals surface area contributed by atoms with Gasteiger partial charge >= 0.3 is 0 Å². The average Bonchev–Trinajstić information content (AvgIpc) is 3.84. The van der Waals surface area contributed by atoms with E-state index in [0.29, 0.717) is 0 Å². The van der Waals surface area contributed by atoms with E-state index < -0.39 is 8.40 Å². The van der Waals surface area contributed by atoms with E-state index in [0.717, 1.165) is 50.2 Å². The maximum absolute atomic E-state index is 6.56. The second kappa shape index (κ2) is 10.8. The van der Waals surface area contributed by atoms with Crippen molar-refractivity contribution in [3.05, 3.63) is 164 Å². The zero-order valence-corrected chi connectivity index (χ0v) is 28.9. The third-order valence-electron chi connectivity index (χ3n) is 10.7. The molecule has 0 atom stereocenters. The summed E-state index contributed by atoms with van der Waals surface area (Å²) in [4.78, 5) is 5.21. The van der Waals surface area contributed by atoms with Crippen molar-refractivity contribution in [1.82, 2.24) is 0 Å². The quantitative estimate of drug-likeness (QED) is 0.175. The third-order valence-corrected chi connectivity index (χ3v) is 13.2. The van der Waals surface area contributed by atoms with Gasteiger partial charge in [-0.1, -0.05) is 115 Å². The molecule has 0 saturated carbocycles. The van der Waals surface area contributed by atoms with Crippen molar-refractivity contribution in [2.75, 3.05) is 4.90 Å². The van der Waals surface area contributed by atoms with Gasteiger partial charge in [-0.25, -0.2) is 0 Å². The second-order valence-electron chi connectivity index (χ2n) is 13.5. The zero-order chi connectivity index (χ0) is 33.6. The maximum atomic E-state index is 6.56. The fraction of sp³-hybridized carbons (Fsp3) is 0.0213. The predicted molar refractivity (Wildman–Crippen MR) is 216 cm³/mol. The molecule has 0 aliphatic rings. The van der Waals surface area contributed by atoms with Crippen LogP contribution in [0.4, 0.5) is 17.1 Å². The van der Waals surface area contributed by atoms with Gasteiger partial charge in [0.2, 0.25) is 0 Å². The molecular formula is C47H30NO2Si-. The van der Waals surface area contributed by atoms with Gasteiger partial charge in [0, 0.05) is 38.6 Å². The average molecular weight is 669 g/mol. The molecule has 3 heterocycles. The summed E-state index contributed by atoms with van der Waals surface area (Å²) in [6, 6.07) is 59.0. The highest BCUT2D eigenvalue weighted by molar-refractivity contribution is 6.77. The van der Waals surface area contributed by atoms with E-state index in [2.05, 4.69) is 157 Å². The van der Waals surface area contributed by atoms with Crippen LogP contribution in [0, 0.1) is 0 Å². The van der Waals surface area contributed by atoms with Gasteiger partial charge < -0.3 is 13.7 Å². The standard InChI is InChI=1S/C47H30NO2Si/c1-51-44-26-24-38-36-12-4-7-16-42(36)50-47(38)46(44)39-23-21-33(28-45(39)51)48(32-22-25-43-40(27-32)37-13-5-6-15-41(37)49-43)31-19-17-30(18-20-31)35-14-8-10-29-9-2-3-11-34(29)35/h2-28H,1H3/q-1. The summed E-state index contributed by atoms with van der Waals surface area (Å²) < 4.78 is 12.8. The van der Waals surface area contributed by atoms with Crippen LogP contribution in [0.25, 0.3) is 86.5 Å². The highest BCUT2D eigenvalue weighted by atomic mass is 28.2. The second-order valence-corrected chi connectivity index (χ2v) is 15.8. The normalized spacial score (nSPS) is 12.0. The minimum Gasteiger partial charge on any atom is -0.456 e. The zero-order valence-electron chi connectivity index (χ0n) is 27.9. The van der Waals surface area contributed by atoms with Gasteiger partial charge in [0.15, 0.2) is 0 Å². The van der Waals surface area contributed by atoms with Gasteiger partial charge in [0.1, 0.15) is 22.3 Å². The Morgan fingerprint density at radius 1 is 0.431 bits per heavy atom. The molecule has 0 aliphatic heterocycles. The minimum absolute atomic E-state index is 0.893. The number of para-hydroxylation sites is 2. The molecule has 0 N–H and O–H groups in total. The Balaban J connectivity index is 1.12. The molecule has 0 bridgehead atoms. The molecule has 0 amide bonds. The highest BCUT2D eigenvalue weighted by Crippen LogP contribution is 2.43. The van der Waals surface area contributed by atoms with Crippen LogP contribution < -0.4 is 4.90 Å². The first-order chi connectivity index (χ1) is 25.2. The lowest BCUT2D eigenvalue weighted by Gasteiger charge is -2.27. The summed E-state index contributed by atoms with van der Waals surface area (Å²) in [5.74, 6) is 0. The number of benzene rings is 8. The molecule has 0 fully saturated rings. The molecule has 8 aromatic carbocycles. The Hall–Kier alpha value is -6.36. The fourth-order valence-corrected chi connectivity index (χ4v) is 10.5. The predicted octanol–water partition coefficient (Wildman–Crippen LogP) is 13.4. The summed E-state index contributed by atoms with van der Waals surface area (Å²) in [5, 5.41) is 9.65. The highest BCUT2D eigenvalue weighted by Gasteiger charge is 2.18. The van der Waals surface area contributed by atoms with Crippen molar-refractivity contribution in [2.24, 2.45) is 6.55 Å². The molecule has 3 aromatic heterocycles. The van der Waals surface area contributed by atoms with Crippen molar-refractivity contribution in [3.8, 4) is 11.1 Å². The lowest BCUT2D eigenvalue weighted by Crippen LogP contribution is -2.10. The molecule has 0 spiro atoms. The van der Waals surface area contributed by atoms with Crippen LogP contribution in [0.15, 0.2) is 173 Å². The Kier molecular flexibility index (Phi) is 6.04. The van der Waals surface area contributed by atoms with E-state index in [9.17, 15) is 0 Å². The van der Waals surface area contributed by atoms with E-state index >= 15 is 0 Å². The van der Waals surface area contributed by atoms with E-state index in [1.807, 2.05) is 18.2 Å². The molecule has 51 heavy (non-hydrogen) atoms. The van der Waals surface area contributed by atoms with Crippen molar-refractivity contribution < 1.29 is 8.83 Å². The number of aryl methyl sites for hydroxylation is 1. The Bertz CT molecular complexity index is 3160. The number of rotatable bonds is 4. The van der Waals surface area contributed by atoms with E-state index in [4.69, 9.17) is 8.83 Å². The molecule has 11 rings (SSSR count). The summed E-state index contributed by atoms with van der Waals surface area (Å²) in [6.07, 6.45) is 0. The molecule has 11 aromatic rings. The van der Waals surface area contributed by atoms with E-state index in [1.165, 1.54) is 53.4 Å². The number of anilines is 3. The fourth-order valence-electron chi connectivity index (χ4n) is 8.28. The molecular weight excluding hydrogens is 639 g/mol. The Morgan fingerprint density at radius 2 is 1.06 bits per heavy atom. The molecule has 0 radical (unpaired) electrons. The SMILES string of the molecule is C[si-]1c2cc(N(c3ccc(-c4cccc5ccccc45)cc3)c3ccc4oc5ccccc5c4c3)ccc2c2c3oc4ccccc4c3ccc21. The Morgan fingerprint density at radius 3 is 1.90 bits per heavy atom. The van der Waals surface area contributed by atoms with E-state index in [-0.39, 0.29) is 0 Å². The maximum Gasteiger partial charge on any atom is 0.140 e. The Labute approximate surface area is 295 Å². The topological polar surface area (TPSA) is 29.5 Å². The lowest BCUT2D eigenvalue weighted by molar-refractivity contribution is 0.669. The van der Waals surface area contributed by atoms with Crippen molar-refractivity contribution in [1.29, 1.82) is 0 Å². The van der Waals surface area contributed by atoms with Gasteiger partial charge in [0.05, 0.1) is 0 Å². The van der Waals surface area contributed by atoms with E-state index in [1.54, 1.807) is 0 Å². The van der Waals surface area contributed by atoms with Crippen LogP contribution in [-0.2, 0) is 6.55 Å². The van der Waals surface area contributed by atoms with Crippen LogP contribution in [-0.4, -0.2) is 8.40 Å². The minimum atomic E-state index is -1.03. The summed E-state index contributed by atoms with van der Waals surface area (Å²) in [7, 11) is -1.03. The van der Waals surface area contributed by atoms with Gasteiger partial charge in [-0.05, 0) is 81.2 Å². The van der Waals surface area contributed by atoms with Crippen LogP contribution in [0.1, 0.15) is 0 Å². The first-order valence-electron chi connectivity index (χ1n) is 17.4. The molecule has 0 aliphatic carbocycles. The first-order valence-corrected chi connectivity index (χ1v) is 19.4. The smallest absolute Gasteiger partial charge is 0.140 e. The third kappa shape index (κ3) is 4.24. The monoisotopic (exact) mass is 668 g/mol. The summed E-state index contributed by atoms with van der Waals surface area (Å²) in [6.45, 7) is 2.42. The van der Waals surface area contributed by atoms with Gasteiger partial charge in [-0.3, -0.25) is 8.40 Å². The number of furan rings is 2. The van der Waals surface area contributed by atoms with Crippen LogP contribution in [0.5, 0.6) is 0 Å². The molecule has 4 heteroatoms. The van der Waals surface area contributed by atoms with Crippen molar-refractivity contribution in [2.45, 2.75) is 0 Å². The lowest BCUT2D eigenvalue weighted by atomic mass is 9.98. The molecule has 240 valence electrons. The number of hydrogen-bond donors (Lipinski definition) is 0. The number of hydrogen-bond acceptors (Lipinski definition) is 3. The summed E-state index contributed by atoms with van der Waals surface area (Å²) in [5.41, 5.74) is 9.51. The largest absolute Gasteiger partial charge is 0.456 e. The van der Waals surface area contributed by atoms with Gasteiger partial charge in [-0.15, -0.1) is 0 Å². The van der Waals surface area contributed by atoms with Crippen molar-refractivity contribution >= 4 is 101 Å². The van der Waals surface area contributed by atoms with Crippen LogP contribution in [0.2, 0.25) is 0 Å².